The van der Waals surface area contributed by atoms with Crippen molar-refractivity contribution in [2.24, 2.45) is 0 Å². The first-order chi connectivity index (χ1) is 9.31. The van der Waals surface area contributed by atoms with E-state index < -0.39 is 10.0 Å². The molecule has 0 radical (unpaired) electrons. The zero-order valence-electron chi connectivity index (χ0n) is 10.9. The molecule has 0 aliphatic rings. The molecule has 2 aromatic rings. The molecule has 20 heavy (non-hydrogen) atoms. The largest absolute Gasteiger partial charge is 0.241 e. The number of nitrogens with one attached hydrogen (secondary N) is 1. The first kappa shape index (κ1) is 15.8. The number of halogens is 2. The summed E-state index contributed by atoms with van der Waals surface area (Å²) in [6, 6.07) is 8.03. The van der Waals surface area contributed by atoms with Crippen LogP contribution >= 0.6 is 34.5 Å². The molecule has 0 saturated heterocycles. The van der Waals surface area contributed by atoms with Gasteiger partial charge in [-0.2, -0.15) is 0 Å². The molecule has 0 aliphatic carbocycles. The average molecular weight is 350 g/mol. The van der Waals surface area contributed by atoms with E-state index in [9.17, 15) is 8.42 Å². The highest BCUT2D eigenvalue weighted by Gasteiger charge is 2.21. The first-order valence-electron chi connectivity index (χ1n) is 5.84. The van der Waals surface area contributed by atoms with Crippen LogP contribution in [0.2, 0.25) is 9.36 Å². The van der Waals surface area contributed by atoms with E-state index in [1.807, 2.05) is 6.07 Å². The van der Waals surface area contributed by atoms with E-state index in [-0.39, 0.29) is 10.9 Å². The van der Waals surface area contributed by atoms with Crippen molar-refractivity contribution >= 4 is 44.6 Å². The van der Waals surface area contributed by atoms with Gasteiger partial charge >= 0.3 is 0 Å². The van der Waals surface area contributed by atoms with Crippen LogP contribution in [0, 0.1) is 6.92 Å². The van der Waals surface area contributed by atoms with E-state index >= 15 is 0 Å². The second-order valence-electron chi connectivity index (χ2n) is 4.35. The van der Waals surface area contributed by atoms with Crippen LogP contribution in [0.3, 0.4) is 0 Å². The van der Waals surface area contributed by atoms with Crippen LogP contribution < -0.4 is 4.72 Å². The van der Waals surface area contributed by atoms with E-state index in [2.05, 4.69) is 4.72 Å². The Kier molecular flexibility index (Phi) is 4.76. The lowest BCUT2D eigenvalue weighted by atomic mass is 10.2. The molecule has 7 heteroatoms. The smallest absolute Gasteiger partial charge is 0.207 e. The van der Waals surface area contributed by atoms with Gasteiger partial charge in [0.2, 0.25) is 10.0 Å². The summed E-state index contributed by atoms with van der Waals surface area (Å²) in [5.74, 6) is 0. The van der Waals surface area contributed by atoms with Gasteiger partial charge in [0.25, 0.3) is 0 Å². The minimum absolute atomic E-state index is 0.194. The lowest BCUT2D eigenvalue weighted by Crippen LogP contribution is -2.27. The number of rotatable bonds is 4. The maximum absolute atomic E-state index is 12.4. The molecule has 2 rings (SSSR count). The minimum atomic E-state index is -3.62. The Morgan fingerprint density at radius 3 is 2.50 bits per heavy atom. The molecule has 0 aliphatic heterocycles. The zero-order chi connectivity index (χ0) is 14.9. The van der Waals surface area contributed by atoms with Crippen LogP contribution in [0.1, 0.15) is 23.4 Å². The van der Waals surface area contributed by atoms with Crippen molar-refractivity contribution in [3.05, 3.63) is 50.1 Å². The number of sulfonamides is 1. The van der Waals surface area contributed by atoms with Crippen molar-refractivity contribution in [1.29, 1.82) is 0 Å². The third-order valence-electron chi connectivity index (χ3n) is 2.86. The maximum Gasteiger partial charge on any atom is 0.241 e. The normalized spacial score (nSPS) is 13.4. The highest BCUT2D eigenvalue weighted by molar-refractivity contribution is 7.89. The number of hydrogen-bond acceptors (Lipinski definition) is 3. The fraction of sp³-hybridized carbons (Fsp3) is 0.231. The minimum Gasteiger partial charge on any atom is -0.207 e. The summed E-state index contributed by atoms with van der Waals surface area (Å²) < 4.78 is 28.1. The summed E-state index contributed by atoms with van der Waals surface area (Å²) in [5, 5.41) is 0.430. The molecule has 3 nitrogen and oxygen atoms in total. The Morgan fingerprint density at radius 1 is 1.20 bits per heavy atom. The lowest BCUT2D eigenvalue weighted by molar-refractivity contribution is 0.568. The maximum atomic E-state index is 12.4. The van der Waals surface area contributed by atoms with Gasteiger partial charge in [-0.1, -0.05) is 29.3 Å². The highest BCUT2D eigenvalue weighted by atomic mass is 35.5. The van der Waals surface area contributed by atoms with Crippen molar-refractivity contribution < 1.29 is 8.42 Å². The van der Waals surface area contributed by atoms with Crippen LogP contribution in [0.4, 0.5) is 0 Å². The van der Waals surface area contributed by atoms with Gasteiger partial charge < -0.3 is 0 Å². The molecule has 1 N–H and O–H groups in total. The van der Waals surface area contributed by atoms with Gasteiger partial charge in [0, 0.05) is 9.90 Å². The fourth-order valence-electron chi connectivity index (χ4n) is 1.79. The molecule has 108 valence electrons. The number of hydrogen-bond donors (Lipinski definition) is 1. The Morgan fingerprint density at radius 2 is 1.90 bits per heavy atom. The van der Waals surface area contributed by atoms with E-state index in [4.69, 9.17) is 23.2 Å². The molecule has 1 atom stereocenters. The van der Waals surface area contributed by atoms with Gasteiger partial charge in [-0.15, -0.1) is 11.3 Å². The Bertz CT molecular complexity index is 726. The van der Waals surface area contributed by atoms with Gasteiger partial charge in [-0.25, -0.2) is 13.1 Å². The van der Waals surface area contributed by atoms with Gasteiger partial charge in [0.15, 0.2) is 0 Å². The number of benzene rings is 1. The molecular weight excluding hydrogens is 337 g/mol. The Hall–Kier alpha value is -0.590. The monoisotopic (exact) mass is 349 g/mol. The van der Waals surface area contributed by atoms with Gasteiger partial charge in [0.1, 0.15) is 0 Å². The highest BCUT2D eigenvalue weighted by Crippen LogP contribution is 2.29. The van der Waals surface area contributed by atoms with Gasteiger partial charge in [-0.05, 0) is 43.7 Å². The molecule has 1 heterocycles. The van der Waals surface area contributed by atoms with Gasteiger partial charge in [-0.3, -0.25) is 0 Å². The van der Waals surface area contributed by atoms with Crippen LogP contribution in [-0.2, 0) is 10.0 Å². The van der Waals surface area contributed by atoms with Crippen molar-refractivity contribution in [2.45, 2.75) is 24.8 Å². The standard InChI is InChI=1S/C13H13Cl2NO2S2/c1-8-10(14)4-3-5-12(8)20(17,18)16-9(2)11-6-7-13(15)19-11/h3-7,9,16H,1-2H3. The summed E-state index contributed by atoms with van der Waals surface area (Å²) >= 11 is 13.2. The summed E-state index contributed by atoms with van der Waals surface area (Å²) in [6.07, 6.45) is 0. The predicted molar refractivity (Wildman–Crippen MR) is 84.3 cm³/mol. The third kappa shape index (κ3) is 3.35. The third-order valence-corrected chi connectivity index (χ3v) is 6.37. The van der Waals surface area contributed by atoms with Crippen molar-refractivity contribution in [3.8, 4) is 0 Å². The van der Waals surface area contributed by atoms with Crippen LogP contribution in [0.25, 0.3) is 0 Å². The summed E-state index contributed by atoms with van der Waals surface area (Å²) in [6.45, 7) is 3.46. The predicted octanol–water partition coefficient (Wildman–Crippen LogP) is 4.40. The second kappa shape index (κ2) is 6.03. The Labute approximate surface area is 132 Å². The van der Waals surface area contributed by atoms with Crippen molar-refractivity contribution in [2.75, 3.05) is 0 Å². The molecule has 0 amide bonds. The molecule has 1 unspecified atom stereocenters. The summed E-state index contributed by atoms with van der Waals surface area (Å²) in [4.78, 5) is 1.05. The molecule has 0 saturated carbocycles. The fourth-order valence-corrected chi connectivity index (χ4v) is 4.65. The zero-order valence-corrected chi connectivity index (χ0v) is 14.0. The van der Waals surface area contributed by atoms with E-state index in [0.717, 1.165) is 4.88 Å². The van der Waals surface area contributed by atoms with Crippen molar-refractivity contribution in [3.63, 3.8) is 0 Å². The molecule has 0 spiro atoms. The topological polar surface area (TPSA) is 46.2 Å². The second-order valence-corrected chi connectivity index (χ2v) is 8.18. The van der Waals surface area contributed by atoms with E-state index in [1.54, 1.807) is 32.0 Å². The van der Waals surface area contributed by atoms with E-state index in [0.29, 0.717) is 14.9 Å². The molecule has 1 aromatic heterocycles. The molecule has 0 bridgehead atoms. The van der Waals surface area contributed by atoms with Crippen molar-refractivity contribution in [1.82, 2.24) is 4.72 Å². The summed E-state index contributed by atoms with van der Waals surface area (Å²) in [5.41, 5.74) is 0.540. The van der Waals surface area contributed by atoms with Gasteiger partial charge in [0.05, 0.1) is 15.3 Å². The Balaban J connectivity index is 2.30. The molecular formula is C13H13Cl2NO2S2. The van der Waals surface area contributed by atoms with Crippen LogP contribution in [0.5, 0.6) is 0 Å². The number of thiophene rings is 1. The lowest BCUT2D eigenvalue weighted by Gasteiger charge is -2.14. The molecule has 0 fully saturated rings. The van der Waals surface area contributed by atoms with Crippen LogP contribution in [-0.4, -0.2) is 8.42 Å². The summed E-state index contributed by atoms with van der Waals surface area (Å²) in [7, 11) is -3.62. The van der Waals surface area contributed by atoms with Crippen LogP contribution in [0.15, 0.2) is 35.2 Å². The van der Waals surface area contributed by atoms with E-state index in [1.165, 1.54) is 17.4 Å². The molecule has 1 aromatic carbocycles. The quantitative estimate of drug-likeness (QED) is 0.888. The SMILES string of the molecule is Cc1c(Cl)cccc1S(=O)(=O)NC(C)c1ccc(Cl)s1. The average Bonchev–Trinajstić information content (AvgIpc) is 2.79. The first-order valence-corrected chi connectivity index (χ1v) is 8.89.